The molecule has 1 aliphatic rings. The maximum Gasteiger partial charge on any atom is 0.242 e. The Bertz CT molecular complexity index is 1550. The van der Waals surface area contributed by atoms with Crippen LogP contribution in [0.1, 0.15) is 17.7 Å². The van der Waals surface area contributed by atoms with Gasteiger partial charge in [0.25, 0.3) is 0 Å². The molecule has 0 spiro atoms. The second kappa shape index (κ2) is 13.0. The maximum atomic E-state index is 13.3. The van der Waals surface area contributed by atoms with Crippen molar-refractivity contribution in [3.8, 4) is 11.3 Å². The fourth-order valence-corrected chi connectivity index (χ4v) is 5.51. The van der Waals surface area contributed by atoms with E-state index in [4.69, 9.17) is 27.6 Å². The lowest BCUT2D eigenvalue weighted by molar-refractivity contribution is -0.128. The Balaban J connectivity index is 1.29. The number of carbonyl (C=O) groups excluding carboxylic acids is 2. The number of benzene rings is 3. The second-order valence-corrected chi connectivity index (χ2v) is 11.0. The van der Waals surface area contributed by atoms with Gasteiger partial charge in [-0.05, 0) is 60.5 Å². The normalized spacial score (nSPS) is 16.2. The highest BCUT2D eigenvalue weighted by atomic mass is 35.5. The van der Waals surface area contributed by atoms with Gasteiger partial charge in [-0.3, -0.25) is 14.5 Å². The molecule has 202 valence electrons. The minimum absolute atomic E-state index is 0.00211. The summed E-state index contributed by atoms with van der Waals surface area (Å²) in [5.41, 5.74) is 2.55. The molecule has 0 saturated carbocycles. The molecule has 3 aromatic carbocycles. The highest BCUT2D eigenvalue weighted by Crippen LogP contribution is 2.31. The van der Waals surface area contributed by atoms with E-state index in [0.717, 1.165) is 11.1 Å². The van der Waals surface area contributed by atoms with Gasteiger partial charge in [0.1, 0.15) is 16.8 Å². The fourth-order valence-electron chi connectivity index (χ4n) is 4.08. The molecule has 1 fully saturated rings. The molecule has 1 aromatic heterocycles. The lowest BCUT2D eigenvalue weighted by Gasteiger charge is -2.15. The van der Waals surface area contributed by atoms with Gasteiger partial charge in [0.2, 0.25) is 11.8 Å². The average Bonchev–Trinajstić information content (AvgIpc) is 3.54. The zero-order chi connectivity index (χ0) is 27.9. The number of anilines is 1. The van der Waals surface area contributed by atoms with Crippen molar-refractivity contribution >= 4 is 63.8 Å². The number of hydrogen-bond acceptors (Lipinski definition) is 6. The Morgan fingerprint density at radius 1 is 0.975 bits per heavy atom. The Labute approximate surface area is 245 Å². The van der Waals surface area contributed by atoms with Gasteiger partial charge in [-0.1, -0.05) is 77.4 Å². The van der Waals surface area contributed by atoms with Crippen LogP contribution in [0, 0.1) is 0 Å². The van der Waals surface area contributed by atoms with Crippen LogP contribution in [0.5, 0.6) is 0 Å². The summed E-state index contributed by atoms with van der Waals surface area (Å²) in [6, 6.07) is 27.7. The van der Waals surface area contributed by atoms with Crippen molar-refractivity contribution in [2.75, 3.05) is 11.9 Å². The van der Waals surface area contributed by atoms with E-state index < -0.39 is 5.25 Å². The maximum absolute atomic E-state index is 13.3. The van der Waals surface area contributed by atoms with Crippen molar-refractivity contribution in [1.29, 1.82) is 0 Å². The third kappa shape index (κ3) is 7.21. The van der Waals surface area contributed by atoms with Gasteiger partial charge >= 0.3 is 0 Å². The first kappa shape index (κ1) is 27.7. The van der Waals surface area contributed by atoms with E-state index in [-0.39, 0.29) is 18.2 Å². The van der Waals surface area contributed by atoms with Gasteiger partial charge in [0.05, 0.1) is 6.21 Å². The summed E-state index contributed by atoms with van der Waals surface area (Å²) < 4.78 is 5.85. The lowest BCUT2D eigenvalue weighted by Crippen LogP contribution is -2.35. The number of rotatable bonds is 9. The van der Waals surface area contributed by atoms with Gasteiger partial charge in [0, 0.05) is 34.3 Å². The molecule has 40 heavy (non-hydrogen) atoms. The molecule has 1 saturated heterocycles. The molecule has 1 atom stereocenters. The van der Waals surface area contributed by atoms with Crippen molar-refractivity contribution in [3.05, 3.63) is 112 Å². The van der Waals surface area contributed by atoms with E-state index in [9.17, 15) is 9.59 Å². The van der Waals surface area contributed by atoms with Crippen LogP contribution in [0.4, 0.5) is 5.69 Å². The molecular formula is C30H24Cl2N4O3S. The van der Waals surface area contributed by atoms with Crippen LogP contribution in [-0.4, -0.2) is 39.9 Å². The van der Waals surface area contributed by atoms with E-state index in [1.54, 1.807) is 41.3 Å². The zero-order valence-electron chi connectivity index (χ0n) is 21.2. The standard InChI is InChI=1S/C30H24Cl2N4O3S/c31-22-9-11-24(12-10-22)34-28(37)18-27-29(38)36(16-15-20-5-2-1-3-6-20)30(40-27)35-33-19-25-13-14-26(39-25)21-7-4-8-23(32)17-21/h1-14,17,19,27H,15-16,18H2,(H,34,37)/b33-19+,35-30-. The molecule has 1 N–H and O–H groups in total. The minimum atomic E-state index is -0.616. The van der Waals surface area contributed by atoms with Gasteiger partial charge in [0.15, 0.2) is 5.17 Å². The number of amidine groups is 1. The van der Waals surface area contributed by atoms with Crippen molar-refractivity contribution in [3.63, 3.8) is 0 Å². The number of thioether (sulfide) groups is 1. The number of halogens is 2. The lowest BCUT2D eigenvalue weighted by atomic mass is 10.1. The molecular weight excluding hydrogens is 567 g/mol. The number of carbonyl (C=O) groups is 2. The smallest absolute Gasteiger partial charge is 0.242 e. The van der Waals surface area contributed by atoms with Gasteiger partial charge < -0.3 is 9.73 Å². The third-order valence-corrected chi connectivity index (χ3v) is 7.70. The molecule has 2 heterocycles. The fraction of sp³-hybridized carbons (Fsp3) is 0.133. The molecule has 4 aromatic rings. The molecule has 2 amide bonds. The number of amides is 2. The zero-order valence-corrected chi connectivity index (χ0v) is 23.5. The Hall–Kier alpha value is -3.85. The summed E-state index contributed by atoms with van der Waals surface area (Å²) in [6.07, 6.45) is 2.13. The van der Waals surface area contributed by atoms with Crippen LogP contribution >= 0.6 is 35.0 Å². The van der Waals surface area contributed by atoms with E-state index in [2.05, 4.69) is 15.5 Å². The molecule has 0 aliphatic carbocycles. The topological polar surface area (TPSA) is 87.3 Å². The molecule has 5 rings (SSSR count). The van der Waals surface area contributed by atoms with E-state index >= 15 is 0 Å². The molecule has 1 unspecified atom stereocenters. The molecule has 1 aliphatic heterocycles. The molecule has 0 bridgehead atoms. The quantitative estimate of drug-likeness (QED) is 0.165. The SMILES string of the molecule is O=C(CC1S/C(=N\N=C\c2ccc(-c3cccc(Cl)c3)o2)N(CCc2ccccc2)C1=O)Nc1ccc(Cl)cc1. The first-order chi connectivity index (χ1) is 19.4. The van der Waals surface area contributed by atoms with E-state index in [1.807, 2.05) is 54.6 Å². The first-order valence-electron chi connectivity index (χ1n) is 12.5. The Morgan fingerprint density at radius 2 is 1.77 bits per heavy atom. The minimum Gasteiger partial charge on any atom is -0.455 e. The second-order valence-electron chi connectivity index (χ2n) is 8.93. The number of furan rings is 1. The average molecular weight is 592 g/mol. The molecule has 10 heteroatoms. The van der Waals surface area contributed by atoms with Crippen LogP contribution in [0.2, 0.25) is 10.0 Å². The van der Waals surface area contributed by atoms with Crippen LogP contribution < -0.4 is 5.32 Å². The number of hydrogen-bond donors (Lipinski definition) is 1. The summed E-state index contributed by atoms with van der Waals surface area (Å²) >= 11 is 13.2. The van der Waals surface area contributed by atoms with Crippen molar-refractivity contribution in [2.45, 2.75) is 18.1 Å². The van der Waals surface area contributed by atoms with Crippen LogP contribution in [0.3, 0.4) is 0 Å². The molecule has 0 radical (unpaired) electrons. The van der Waals surface area contributed by atoms with Crippen LogP contribution in [-0.2, 0) is 16.0 Å². The van der Waals surface area contributed by atoms with Crippen molar-refractivity contribution in [2.24, 2.45) is 10.2 Å². The van der Waals surface area contributed by atoms with Gasteiger partial charge in [-0.25, -0.2) is 0 Å². The largest absolute Gasteiger partial charge is 0.455 e. The predicted octanol–water partition coefficient (Wildman–Crippen LogP) is 7.16. The van der Waals surface area contributed by atoms with Crippen molar-refractivity contribution < 1.29 is 14.0 Å². The van der Waals surface area contributed by atoms with Gasteiger partial charge in [-0.2, -0.15) is 5.10 Å². The van der Waals surface area contributed by atoms with Crippen LogP contribution in [0.15, 0.2) is 106 Å². The monoisotopic (exact) mass is 590 g/mol. The third-order valence-electron chi connectivity index (χ3n) is 6.05. The Morgan fingerprint density at radius 3 is 2.55 bits per heavy atom. The Kier molecular flexibility index (Phi) is 9.01. The highest BCUT2D eigenvalue weighted by molar-refractivity contribution is 8.15. The summed E-state index contributed by atoms with van der Waals surface area (Å²) in [5.74, 6) is 0.703. The van der Waals surface area contributed by atoms with Crippen molar-refractivity contribution in [1.82, 2.24) is 4.90 Å². The number of nitrogens with one attached hydrogen (secondary N) is 1. The predicted molar refractivity (Wildman–Crippen MR) is 162 cm³/mol. The first-order valence-corrected chi connectivity index (χ1v) is 14.1. The van der Waals surface area contributed by atoms with Crippen LogP contribution in [0.25, 0.3) is 11.3 Å². The summed E-state index contributed by atoms with van der Waals surface area (Å²) in [7, 11) is 0. The summed E-state index contributed by atoms with van der Waals surface area (Å²) in [4.78, 5) is 27.6. The number of nitrogens with zero attached hydrogens (tertiary/aromatic N) is 3. The summed E-state index contributed by atoms with van der Waals surface area (Å²) in [5, 5.41) is 12.4. The highest BCUT2D eigenvalue weighted by Gasteiger charge is 2.39. The van der Waals surface area contributed by atoms with Gasteiger partial charge in [-0.15, -0.1) is 5.10 Å². The molecule has 7 nitrogen and oxygen atoms in total. The summed E-state index contributed by atoms with van der Waals surface area (Å²) in [6.45, 7) is 0.416. The van der Waals surface area contributed by atoms with E-state index in [0.29, 0.717) is 45.4 Å². The van der Waals surface area contributed by atoms with E-state index in [1.165, 1.54) is 18.0 Å².